The molecule has 0 bridgehead atoms. The topological polar surface area (TPSA) is 23.5 Å². The summed E-state index contributed by atoms with van der Waals surface area (Å²) < 4.78 is 0. The molecule has 1 fully saturated rings. The van der Waals surface area contributed by atoms with Crippen LogP contribution >= 0.6 is 0 Å². The van der Waals surface area contributed by atoms with Gasteiger partial charge in [0.25, 0.3) is 0 Å². The molecule has 1 N–H and O–H groups in total. The zero-order chi connectivity index (χ0) is 8.48. The van der Waals surface area contributed by atoms with E-state index >= 15 is 0 Å². The van der Waals surface area contributed by atoms with Gasteiger partial charge in [-0.25, -0.2) is 0 Å². The van der Waals surface area contributed by atoms with Crippen LogP contribution in [0, 0.1) is 0 Å². The van der Waals surface area contributed by atoms with Crippen molar-refractivity contribution in [2.24, 2.45) is 0 Å². The number of likely N-dealkylation sites (tertiary alicyclic amines) is 1. The highest BCUT2D eigenvalue weighted by Crippen LogP contribution is 2.24. The molecule has 1 saturated heterocycles. The van der Waals surface area contributed by atoms with Crippen molar-refractivity contribution in [3.8, 4) is 0 Å². The maximum atomic E-state index is 9.63. The fraction of sp³-hybridized carbons (Fsp3) is 0.778. The third-order valence-electron chi connectivity index (χ3n) is 2.19. The van der Waals surface area contributed by atoms with Gasteiger partial charge in [-0.3, -0.25) is 4.90 Å². The first kappa shape index (κ1) is 8.75. The Morgan fingerprint density at radius 3 is 2.55 bits per heavy atom. The van der Waals surface area contributed by atoms with Gasteiger partial charge < -0.3 is 5.11 Å². The van der Waals surface area contributed by atoms with Gasteiger partial charge >= 0.3 is 0 Å². The molecule has 1 rings (SSSR count). The van der Waals surface area contributed by atoms with Gasteiger partial charge in [-0.2, -0.15) is 0 Å². The zero-order valence-electron chi connectivity index (χ0n) is 7.43. The molecule has 0 unspecified atom stereocenters. The smallest absolute Gasteiger partial charge is 0.0897 e. The van der Waals surface area contributed by atoms with E-state index in [4.69, 9.17) is 0 Å². The highest BCUT2D eigenvalue weighted by atomic mass is 16.3. The van der Waals surface area contributed by atoms with Crippen LogP contribution in [-0.2, 0) is 0 Å². The molecular formula is C9H17NO. The molecule has 2 nitrogen and oxygen atoms in total. The molecule has 0 aromatic heterocycles. The molecule has 1 aliphatic rings. The van der Waals surface area contributed by atoms with Crippen LogP contribution in [-0.4, -0.2) is 35.2 Å². The van der Waals surface area contributed by atoms with E-state index < -0.39 is 5.60 Å². The molecule has 0 amide bonds. The lowest BCUT2D eigenvalue weighted by atomic mass is 9.91. The van der Waals surface area contributed by atoms with Gasteiger partial charge in [-0.15, -0.1) is 0 Å². The Balaban J connectivity index is 2.23. The normalized spacial score (nSPS) is 22.8. The fourth-order valence-electron chi connectivity index (χ4n) is 1.50. The van der Waals surface area contributed by atoms with Crippen molar-refractivity contribution in [2.45, 2.75) is 25.9 Å². The number of aliphatic hydroxyl groups is 1. The van der Waals surface area contributed by atoms with Gasteiger partial charge in [0.2, 0.25) is 0 Å². The molecule has 1 aliphatic heterocycles. The van der Waals surface area contributed by atoms with E-state index in [-0.39, 0.29) is 0 Å². The third kappa shape index (κ3) is 2.04. The number of rotatable bonds is 3. The Labute approximate surface area is 68.5 Å². The maximum absolute atomic E-state index is 9.63. The number of hydrogen-bond acceptors (Lipinski definition) is 2. The van der Waals surface area contributed by atoms with Crippen molar-refractivity contribution in [3.05, 3.63) is 12.2 Å². The summed E-state index contributed by atoms with van der Waals surface area (Å²) in [6, 6.07) is 0. The van der Waals surface area contributed by atoms with Gasteiger partial charge in [0, 0.05) is 19.6 Å². The lowest BCUT2D eigenvalue weighted by Crippen LogP contribution is -2.61. The van der Waals surface area contributed by atoms with Crippen LogP contribution in [0.5, 0.6) is 0 Å². The summed E-state index contributed by atoms with van der Waals surface area (Å²) in [5.41, 5.74) is 0.776. The number of hydrogen-bond donors (Lipinski definition) is 1. The second-order valence-electron chi connectivity index (χ2n) is 3.68. The second kappa shape index (κ2) is 2.95. The molecule has 1 heterocycles. The summed E-state index contributed by atoms with van der Waals surface area (Å²) in [4.78, 5) is 2.21. The third-order valence-corrected chi connectivity index (χ3v) is 2.19. The fourth-order valence-corrected chi connectivity index (χ4v) is 1.50. The molecular weight excluding hydrogens is 138 g/mol. The summed E-state index contributed by atoms with van der Waals surface area (Å²) >= 11 is 0. The van der Waals surface area contributed by atoms with E-state index in [1.165, 1.54) is 5.57 Å². The van der Waals surface area contributed by atoms with Gasteiger partial charge in [0.05, 0.1) is 5.60 Å². The Bertz CT molecular complexity index is 159. The van der Waals surface area contributed by atoms with Crippen molar-refractivity contribution < 1.29 is 5.11 Å². The minimum absolute atomic E-state index is 0.393. The molecule has 0 atom stereocenters. The highest BCUT2D eigenvalue weighted by molar-refractivity contribution is 5.01. The molecule has 0 saturated carbocycles. The van der Waals surface area contributed by atoms with Crippen LogP contribution in [0.15, 0.2) is 12.2 Å². The molecule has 0 radical (unpaired) electrons. The van der Waals surface area contributed by atoms with Crippen LogP contribution in [0.1, 0.15) is 20.3 Å². The van der Waals surface area contributed by atoms with Crippen LogP contribution in [0.3, 0.4) is 0 Å². The minimum Gasteiger partial charge on any atom is -0.387 e. The average molecular weight is 155 g/mol. The molecule has 2 heteroatoms. The van der Waals surface area contributed by atoms with Crippen LogP contribution in [0.25, 0.3) is 0 Å². The van der Waals surface area contributed by atoms with Gasteiger partial charge in [-0.05, 0) is 13.3 Å². The van der Waals surface area contributed by atoms with Crippen molar-refractivity contribution in [1.29, 1.82) is 0 Å². The second-order valence-corrected chi connectivity index (χ2v) is 3.68. The van der Waals surface area contributed by atoms with E-state index in [9.17, 15) is 5.11 Å². The summed E-state index contributed by atoms with van der Waals surface area (Å²) in [5, 5.41) is 9.63. The largest absolute Gasteiger partial charge is 0.387 e. The SMILES string of the molecule is C=C(C)CN1CC(O)(CC)C1. The maximum Gasteiger partial charge on any atom is 0.0897 e. The Morgan fingerprint density at radius 1 is 1.64 bits per heavy atom. The molecule has 0 aromatic carbocycles. The first-order valence-electron chi connectivity index (χ1n) is 4.15. The molecule has 0 spiro atoms. The summed E-state index contributed by atoms with van der Waals surface area (Å²) in [6.07, 6.45) is 0.861. The Kier molecular flexibility index (Phi) is 2.35. The highest BCUT2D eigenvalue weighted by Gasteiger charge is 2.38. The summed E-state index contributed by atoms with van der Waals surface area (Å²) in [5.74, 6) is 0. The summed E-state index contributed by atoms with van der Waals surface area (Å²) in [7, 11) is 0. The van der Waals surface area contributed by atoms with E-state index in [1.54, 1.807) is 0 Å². The van der Waals surface area contributed by atoms with Gasteiger partial charge in [-0.1, -0.05) is 19.1 Å². The van der Waals surface area contributed by atoms with Crippen molar-refractivity contribution >= 4 is 0 Å². The molecule has 0 aliphatic carbocycles. The first-order chi connectivity index (χ1) is 5.06. The lowest BCUT2D eigenvalue weighted by Gasteiger charge is -2.46. The lowest BCUT2D eigenvalue weighted by molar-refractivity contribution is -0.0952. The van der Waals surface area contributed by atoms with Gasteiger partial charge in [0.15, 0.2) is 0 Å². The first-order valence-corrected chi connectivity index (χ1v) is 4.15. The number of β-amino-alcohol motifs (C(OH)–C–C–N with tert-alkyl or cyclic N) is 1. The predicted octanol–water partition coefficient (Wildman–Crippen LogP) is 1.02. The van der Waals surface area contributed by atoms with Crippen LogP contribution in [0.2, 0.25) is 0 Å². The quantitative estimate of drug-likeness (QED) is 0.615. The standard InChI is InChI=1S/C9H17NO/c1-4-9(11)6-10(7-9)5-8(2)3/h11H,2,4-7H2,1,3H3. The molecule has 0 aromatic rings. The monoisotopic (exact) mass is 155 g/mol. The van der Waals surface area contributed by atoms with Crippen molar-refractivity contribution in [1.82, 2.24) is 4.90 Å². The van der Waals surface area contributed by atoms with Crippen molar-refractivity contribution in [3.63, 3.8) is 0 Å². The van der Waals surface area contributed by atoms with Crippen molar-refractivity contribution in [2.75, 3.05) is 19.6 Å². The summed E-state index contributed by atoms with van der Waals surface area (Å²) in [6.45, 7) is 10.4. The molecule has 11 heavy (non-hydrogen) atoms. The average Bonchev–Trinajstić information content (AvgIpc) is 1.83. The predicted molar refractivity (Wildman–Crippen MR) is 46.5 cm³/mol. The minimum atomic E-state index is -0.393. The Morgan fingerprint density at radius 2 is 2.18 bits per heavy atom. The number of nitrogens with zero attached hydrogens (tertiary/aromatic N) is 1. The zero-order valence-corrected chi connectivity index (χ0v) is 7.43. The van der Waals surface area contributed by atoms with E-state index in [0.29, 0.717) is 0 Å². The van der Waals surface area contributed by atoms with Crippen LogP contribution in [0.4, 0.5) is 0 Å². The van der Waals surface area contributed by atoms with E-state index in [1.807, 2.05) is 13.8 Å². The van der Waals surface area contributed by atoms with E-state index in [0.717, 1.165) is 26.1 Å². The Hall–Kier alpha value is -0.340. The van der Waals surface area contributed by atoms with E-state index in [2.05, 4.69) is 11.5 Å². The van der Waals surface area contributed by atoms with Gasteiger partial charge in [0.1, 0.15) is 0 Å². The van der Waals surface area contributed by atoms with Crippen LogP contribution < -0.4 is 0 Å². The molecule has 64 valence electrons.